The van der Waals surface area contributed by atoms with Crippen LogP contribution >= 0.6 is 0 Å². The summed E-state index contributed by atoms with van der Waals surface area (Å²) in [6, 6.07) is 6.50. The van der Waals surface area contributed by atoms with E-state index in [1.54, 1.807) is 22.9 Å². The number of hydrogen-bond donors (Lipinski definition) is 3. The van der Waals surface area contributed by atoms with E-state index in [0.717, 1.165) is 12.8 Å². The number of carbonyl (C=O) groups excluding carboxylic acids is 2. The molecule has 2 aromatic rings. The van der Waals surface area contributed by atoms with Gasteiger partial charge in [-0.15, -0.1) is 0 Å². The molecule has 1 heterocycles. The summed E-state index contributed by atoms with van der Waals surface area (Å²) < 4.78 is 38.7. The Bertz CT molecular complexity index is 1030. The maximum Gasteiger partial charge on any atom is 0.336 e. The Hall–Kier alpha value is -3.41. The third-order valence-corrected chi connectivity index (χ3v) is 5.14. The number of nitrogens with zero attached hydrogens (tertiary/aromatic N) is 2. The Labute approximate surface area is 173 Å². The maximum atomic E-state index is 12.4. The summed E-state index contributed by atoms with van der Waals surface area (Å²) in [7, 11) is -1.61. The molecule has 2 amide bonds. The van der Waals surface area contributed by atoms with Crippen LogP contribution in [0.25, 0.3) is 0 Å². The summed E-state index contributed by atoms with van der Waals surface area (Å²) in [5.41, 5.74) is 0.332. The summed E-state index contributed by atoms with van der Waals surface area (Å²) in [5, 5.41) is 2.19. The van der Waals surface area contributed by atoms with Crippen molar-refractivity contribution in [1.82, 2.24) is 14.7 Å². The van der Waals surface area contributed by atoms with Crippen LogP contribution in [0.3, 0.4) is 0 Å². The number of anilines is 2. The number of benzene rings is 1. The third-order valence-electron chi connectivity index (χ3n) is 4.19. The molecule has 11 nitrogen and oxygen atoms in total. The number of para-hydroxylation sites is 1. The highest BCUT2D eigenvalue weighted by Gasteiger charge is 2.26. The molecule has 160 valence electrons. The summed E-state index contributed by atoms with van der Waals surface area (Å²) in [6.45, 7) is 0. The molecule has 1 aromatic carbocycles. The van der Waals surface area contributed by atoms with Crippen LogP contribution in [0.2, 0.25) is 0 Å². The normalized spacial score (nSPS) is 13.3. The molecule has 12 heteroatoms. The molecule has 0 unspecified atom stereocenters. The Kier molecular flexibility index (Phi) is 6.35. The molecule has 0 radical (unpaired) electrons. The predicted molar refractivity (Wildman–Crippen MR) is 108 cm³/mol. The van der Waals surface area contributed by atoms with Crippen LogP contribution in [-0.4, -0.2) is 44.4 Å². The van der Waals surface area contributed by atoms with Crippen molar-refractivity contribution in [3.05, 3.63) is 35.9 Å². The lowest BCUT2D eigenvalue weighted by atomic mass is 10.0. The van der Waals surface area contributed by atoms with Gasteiger partial charge in [-0.2, -0.15) is 18.4 Å². The molecule has 0 spiro atoms. The van der Waals surface area contributed by atoms with Crippen molar-refractivity contribution < 1.29 is 27.5 Å². The highest BCUT2D eigenvalue weighted by Crippen LogP contribution is 2.34. The Morgan fingerprint density at radius 3 is 2.33 bits per heavy atom. The monoisotopic (exact) mass is 435 g/mol. The van der Waals surface area contributed by atoms with E-state index in [4.69, 9.17) is 9.47 Å². The Morgan fingerprint density at radius 2 is 1.73 bits per heavy atom. The van der Waals surface area contributed by atoms with Gasteiger partial charge in [-0.25, -0.2) is 9.52 Å². The smallest absolute Gasteiger partial charge is 0.336 e. The number of urea groups is 1. The topological polar surface area (TPSA) is 149 Å². The van der Waals surface area contributed by atoms with Gasteiger partial charge in [0, 0.05) is 12.0 Å². The van der Waals surface area contributed by atoms with Crippen LogP contribution in [0.1, 0.15) is 29.6 Å². The fourth-order valence-electron chi connectivity index (χ4n) is 2.60. The second-order valence-corrected chi connectivity index (χ2v) is 7.97. The van der Waals surface area contributed by atoms with Crippen LogP contribution in [0.15, 0.2) is 30.3 Å². The number of Topliss-reactive ketones (excluding diaryl/α,β-unsaturated/α-hetero) is 1. The van der Waals surface area contributed by atoms with E-state index < -0.39 is 16.2 Å². The molecule has 30 heavy (non-hydrogen) atoms. The van der Waals surface area contributed by atoms with Crippen LogP contribution in [-0.2, 0) is 10.2 Å². The standard InChI is InChI=1S/C18H21N5O6S/c1-28-15-10-16(29-2)20-17(19-15)21-18(25)23-30(26,27)22-13-6-4-3-5-12(13)14(24)9-11-7-8-11/h3-6,10-11,22H,7-9H2,1-2H3,(H2,19,20,21,23,25). The number of hydrogen-bond acceptors (Lipinski definition) is 8. The van der Waals surface area contributed by atoms with E-state index in [9.17, 15) is 18.0 Å². The van der Waals surface area contributed by atoms with Gasteiger partial charge in [0.05, 0.1) is 26.0 Å². The first kappa shape index (κ1) is 21.3. The molecule has 1 aliphatic rings. The average Bonchev–Trinajstić information content (AvgIpc) is 3.50. The minimum Gasteiger partial charge on any atom is -0.481 e. The van der Waals surface area contributed by atoms with E-state index in [-0.39, 0.29) is 34.7 Å². The zero-order valence-corrected chi connectivity index (χ0v) is 17.2. The number of nitrogens with one attached hydrogen (secondary N) is 3. The van der Waals surface area contributed by atoms with E-state index in [1.807, 2.05) is 0 Å². The lowest BCUT2D eigenvalue weighted by Gasteiger charge is -2.13. The van der Waals surface area contributed by atoms with Crippen LogP contribution in [0.4, 0.5) is 16.4 Å². The lowest BCUT2D eigenvalue weighted by Crippen LogP contribution is -2.38. The fraction of sp³-hybridized carbons (Fsp3) is 0.333. The molecule has 1 aromatic heterocycles. The summed E-state index contributed by atoms with van der Waals surface area (Å²) in [6.07, 6.45) is 2.36. The van der Waals surface area contributed by atoms with Crippen molar-refractivity contribution in [3.63, 3.8) is 0 Å². The molecule has 0 aliphatic heterocycles. The van der Waals surface area contributed by atoms with E-state index in [1.165, 1.54) is 26.4 Å². The Balaban J connectivity index is 1.68. The number of ketones is 1. The van der Waals surface area contributed by atoms with Crippen molar-refractivity contribution >= 4 is 33.7 Å². The predicted octanol–water partition coefficient (Wildman–Crippen LogP) is 1.95. The summed E-state index contributed by atoms with van der Waals surface area (Å²) >= 11 is 0. The zero-order chi connectivity index (χ0) is 21.7. The summed E-state index contributed by atoms with van der Waals surface area (Å²) in [5.74, 6) is 0.199. The van der Waals surface area contributed by atoms with Gasteiger partial charge in [0.15, 0.2) is 5.78 Å². The van der Waals surface area contributed by atoms with Crippen molar-refractivity contribution in [3.8, 4) is 11.8 Å². The third kappa shape index (κ3) is 5.80. The second kappa shape index (κ2) is 8.95. The molecular formula is C18H21N5O6S. The number of ether oxygens (including phenoxy) is 2. The number of amides is 2. The van der Waals surface area contributed by atoms with Crippen molar-refractivity contribution in [2.75, 3.05) is 24.3 Å². The first-order valence-corrected chi connectivity index (χ1v) is 10.5. The number of rotatable bonds is 9. The molecule has 3 N–H and O–H groups in total. The molecule has 1 aliphatic carbocycles. The second-order valence-electron chi connectivity index (χ2n) is 6.55. The average molecular weight is 435 g/mol. The Morgan fingerprint density at radius 1 is 1.10 bits per heavy atom. The molecule has 0 bridgehead atoms. The van der Waals surface area contributed by atoms with Gasteiger partial charge in [0.25, 0.3) is 0 Å². The lowest BCUT2D eigenvalue weighted by molar-refractivity contribution is 0.0977. The zero-order valence-electron chi connectivity index (χ0n) is 16.3. The SMILES string of the molecule is COc1cc(OC)nc(NC(=O)NS(=O)(=O)Nc2ccccc2C(=O)CC2CC2)n1. The number of methoxy groups -OCH3 is 2. The van der Waals surface area contributed by atoms with Crippen LogP contribution in [0, 0.1) is 5.92 Å². The molecule has 3 rings (SSSR count). The largest absolute Gasteiger partial charge is 0.481 e. The number of carbonyl (C=O) groups is 2. The highest BCUT2D eigenvalue weighted by atomic mass is 32.2. The van der Waals surface area contributed by atoms with Gasteiger partial charge in [0.1, 0.15) is 0 Å². The van der Waals surface area contributed by atoms with E-state index in [0.29, 0.717) is 12.3 Å². The van der Waals surface area contributed by atoms with Crippen LogP contribution in [0.5, 0.6) is 11.8 Å². The molecule has 1 fully saturated rings. The van der Waals surface area contributed by atoms with Gasteiger partial charge >= 0.3 is 16.2 Å². The highest BCUT2D eigenvalue weighted by molar-refractivity contribution is 7.91. The van der Waals surface area contributed by atoms with E-state index in [2.05, 4.69) is 20.0 Å². The van der Waals surface area contributed by atoms with E-state index >= 15 is 0 Å². The first-order valence-electron chi connectivity index (χ1n) is 9.00. The molecular weight excluding hydrogens is 414 g/mol. The van der Waals surface area contributed by atoms with Crippen molar-refractivity contribution in [2.24, 2.45) is 5.92 Å². The number of aromatic nitrogens is 2. The molecule has 1 saturated carbocycles. The van der Waals surface area contributed by atoms with Gasteiger partial charge < -0.3 is 9.47 Å². The first-order chi connectivity index (χ1) is 14.3. The van der Waals surface area contributed by atoms with Gasteiger partial charge in [-0.05, 0) is 30.9 Å². The fourth-order valence-corrected chi connectivity index (χ4v) is 3.41. The molecule has 0 atom stereocenters. The quantitative estimate of drug-likeness (QED) is 0.506. The van der Waals surface area contributed by atoms with Crippen molar-refractivity contribution in [1.29, 1.82) is 0 Å². The maximum absolute atomic E-state index is 12.4. The molecule has 0 saturated heterocycles. The summed E-state index contributed by atoms with van der Waals surface area (Å²) in [4.78, 5) is 32.3. The van der Waals surface area contributed by atoms with Gasteiger partial charge in [-0.3, -0.25) is 14.8 Å². The van der Waals surface area contributed by atoms with Crippen molar-refractivity contribution in [2.45, 2.75) is 19.3 Å². The minimum atomic E-state index is -4.34. The van der Waals surface area contributed by atoms with Gasteiger partial charge in [-0.1, -0.05) is 12.1 Å². The minimum absolute atomic E-state index is 0.0859. The van der Waals surface area contributed by atoms with Crippen LogP contribution < -0.4 is 24.2 Å². The van der Waals surface area contributed by atoms with Gasteiger partial charge in [0.2, 0.25) is 17.7 Å².